The van der Waals surface area contributed by atoms with Gasteiger partial charge in [-0.25, -0.2) is 0 Å². The zero-order valence-electron chi connectivity index (χ0n) is 7.25. The maximum atomic E-state index is 10.1. The van der Waals surface area contributed by atoms with Gasteiger partial charge in [0.05, 0.1) is 0 Å². The molecule has 0 heterocycles. The Labute approximate surface area is 79.5 Å². The average molecular weight is 196 g/mol. The molecule has 0 amide bonds. The highest BCUT2D eigenvalue weighted by molar-refractivity contribution is 5.21. The standard InChI is InChI=1S/C8H8N2O4/c11-9(12)5-7-1-2-8(4-3-7)6-10(13)14/h1-4H,5-6H2. The first-order valence-electron chi connectivity index (χ1n) is 3.89. The van der Waals surface area contributed by atoms with Crippen molar-refractivity contribution in [3.8, 4) is 0 Å². The summed E-state index contributed by atoms with van der Waals surface area (Å²) in [5, 5.41) is 20.3. The fourth-order valence-corrected chi connectivity index (χ4v) is 1.05. The van der Waals surface area contributed by atoms with Gasteiger partial charge in [0.2, 0.25) is 13.1 Å². The quantitative estimate of drug-likeness (QED) is 0.535. The number of nitrogens with zero attached hydrogens (tertiary/aromatic N) is 2. The molecule has 1 rings (SSSR count). The number of nitro groups is 2. The normalized spacial score (nSPS) is 9.71. The third kappa shape index (κ3) is 3.18. The Morgan fingerprint density at radius 3 is 1.36 bits per heavy atom. The van der Waals surface area contributed by atoms with E-state index in [0.717, 1.165) is 0 Å². The average Bonchev–Trinajstić information content (AvgIpc) is 2.06. The van der Waals surface area contributed by atoms with E-state index in [1.807, 2.05) is 0 Å². The van der Waals surface area contributed by atoms with E-state index >= 15 is 0 Å². The van der Waals surface area contributed by atoms with Crippen molar-refractivity contribution in [1.29, 1.82) is 0 Å². The molecule has 0 fully saturated rings. The molecule has 0 N–H and O–H groups in total. The lowest BCUT2D eigenvalue weighted by Crippen LogP contribution is -2.00. The highest BCUT2D eigenvalue weighted by atomic mass is 16.6. The summed E-state index contributed by atoms with van der Waals surface area (Å²) < 4.78 is 0. The topological polar surface area (TPSA) is 86.3 Å². The largest absolute Gasteiger partial charge is 0.264 e. The van der Waals surface area contributed by atoms with E-state index in [1.165, 1.54) is 24.3 Å². The van der Waals surface area contributed by atoms with Gasteiger partial charge in [-0.15, -0.1) is 0 Å². The third-order valence-electron chi connectivity index (χ3n) is 1.65. The van der Waals surface area contributed by atoms with E-state index in [9.17, 15) is 20.2 Å². The second kappa shape index (κ2) is 4.31. The van der Waals surface area contributed by atoms with Crippen LogP contribution >= 0.6 is 0 Å². The van der Waals surface area contributed by atoms with Crippen LogP contribution in [0.4, 0.5) is 0 Å². The molecule has 0 atom stereocenters. The predicted molar refractivity (Wildman–Crippen MR) is 47.8 cm³/mol. The van der Waals surface area contributed by atoms with Crippen molar-refractivity contribution in [2.24, 2.45) is 0 Å². The van der Waals surface area contributed by atoms with Gasteiger partial charge in [0.15, 0.2) is 0 Å². The van der Waals surface area contributed by atoms with Gasteiger partial charge in [-0.3, -0.25) is 20.2 Å². The zero-order valence-corrected chi connectivity index (χ0v) is 7.25. The molecule has 1 aromatic rings. The molecule has 6 nitrogen and oxygen atoms in total. The smallest absolute Gasteiger partial charge is 0.228 e. The number of benzene rings is 1. The molecule has 1 aromatic carbocycles. The molecule has 0 aromatic heterocycles. The summed E-state index contributed by atoms with van der Waals surface area (Å²) in [7, 11) is 0. The summed E-state index contributed by atoms with van der Waals surface area (Å²) in [6.07, 6.45) is 0. The summed E-state index contributed by atoms with van der Waals surface area (Å²) in [6, 6.07) is 6.12. The molecular weight excluding hydrogens is 188 g/mol. The molecule has 0 aliphatic heterocycles. The van der Waals surface area contributed by atoms with E-state index < -0.39 is 9.85 Å². The van der Waals surface area contributed by atoms with E-state index in [4.69, 9.17) is 0 Å². The van der Waals surface area contributed by atoms with Crippen LogP contribution in [-0.2, 0) is 13.1 Å². The van der Waals surface area contributed by atoms with Gasteiger partial charge in [0, 0.05) is 21.0 Å². The van der Waals surface area contributed by atoms with Gasteiger partial charge in [-0.05, 0) is 0 Å². The molecule has 0 bridgehead atoms. The summed E-state index contributed by atoms with van der Waals surface area (Å²) in [4.78, 5) is 19.4. The van der Waals surface area contributed by atoms with Crippen molar-refractivity contribution in [2.75, 3.05) is 0 Å². The Kier molecular flexibility index (Phi) is 3.11. The molecule has 74 valence electrons. The van der Waals surface area contributed by atoms with Gasteiger partial charge >= 0.3 is 0 Å². The van der Waals surface area contributed by atoms with Crippen molar-refractivity contribution in [3.05, 3.63) is 55.6 Å². The van der Waals surface area contributed by atoms with Crippen LogP contribution in [0.3, 0.4) is 0 Å². The van der Waals surface area contributed by atoms with E-state index in [-0.39, 0.29) is 13.1 Å². The van der Waals surface area contributed by atoms with E-state index in [1.54, 1.807) is 0 Å². The molecule has 14 heavy (non-hydrogen) atoms. The maximum absolute atomic E-state index is 10.1. The van der Waals surface area contributed by atoms with Crippen molar-refractivity contribution in [3.63, 3.8) is 0 Å². The number of hydrogen-bond acceptors (Lipinski definition) is 4. The molecule has 0 saturated heterocycles. The molecule has 0 radical (unpaired) electrons. The number of rotatable bonds is 4. The molecule has 0 spiro atoms. The molecule has 6 heteroatoms. The van der Waals surface area contributed by atoms with Gasteiger partial charge in [-0.2, -0.15) is 0 Å². The van der Waals surface area contributed by atoms with Crippen LogP contribution < -0.4 is 0 Å². The molecule has 0 unspecified atom stereocenters. The van der Waals surface area contributed by atoms with Gasteiger partial charge < -0.3 is 0 Å². The van der Waals surface area contributed by atoms with E-state index in [2.05, 4.69) is 0 Å². The molecular formula is C8H8N2O4. The lowest BCUT2D eigenvalue weighted by Gasteiger charge is -1.96. The maximum Gasteiger partial charge on any atom is 0.228 e. The van der Waals surface area contributed by atoms with Crippen molar-refractivity contribution < 1.29 is 9.85 Å². The van der Waals surface area contributed by atoms with Crippen LogP contribution in [0.15, 0.2) is 24.3 Å². The summed E-state index contributed by atoms with van der Waals surface area (Å²) >= 11 is 0. The Balaban J connectivity index is 2.68. The SMILES string of the molecule is O=[N+]([O-])Cc1ccc(C[N+](=O)[O-])cc1. The van der Waals surface area contributed by atoms with Crippen LogP contribution in [0.5, 0.6) is 0 Å². The monoisotopic (exact) mass is 196 g/mol. The Bertz CT molecular complexity index is 312. The summed E-state index contributed by atoms with van der Waals surface area (Å²) in [5.74, 6) is 0. The second-order valence-electron chi connectivity index (χ2n) is 2.80. The van der Waals surface area contributed by atoms with Crippen molar-refractivity contribution >= 4 is 0 Å². The minimum atomic E-state index is -0.442. The first-order valence-corrected chi connectivity index (χ1v) is 3.89. The number of hydrogen-bond donors (Lipinski definition) is 0. The lowest BCUT2D eigenvalue weighted by molar-refractivity contribution is -0.497. The minimum absolute atomic E-state index is 0.251. The molecule has 0 aliphatic carbocycles. The second-order valence-corrected chi connectivity index (χ2v) is 2.80. The third-order valence-corrected chi connectivity index (χ3v) is 1.65. The lowest BCUT2D eigenvalue weighted by atomic mass is 10.1. The van der Waals surface area contributed by atoms with Crippen molar-refractivity contribution in [1.82, 2.24) is 0 Å². The first kappa shape index (κ1) is 10.1. The Morgan fingerprint density at radius 2 is 1.14 bits per heavy atom. The molecule has 0 saturated carbocycles. The van der Waals surface area contributed by atoms with Crippen molar-refractivity contribution in [2.45, 2.75) is 13.1 Å². The van der Waals surface area contributed by atoms with Crippen LogP contribution in [-0.4, -0.2) is 9.85 Å². The fraction of sp³-hybridized carbons (Fsp3) is 0.250. The van der Waals surface area contributed by atoms with Gasteiger partial charge in [0.25, 0.3) is 0 Å². The van der Waals surface area contributed by atoms with Gasteiger partial charge in [0.1, 0.15) is 0 Å². The zero-order chi connectivity index (χ0) is 10.6. The van der Waals surface area contributed by atoms with Crippen LogP contribution in [0.2, 0.25) is 0 Å². The van der Waals surface area contributed by atoms with E-state index in [0.29, 0.717) is 11.1 Å². The van der Waals surface area contributed by atoms with Gasteiger partial charge in [-0.1, -0.05) is 24.3 Å². The van der Waals surface area contributed by atoms with Crippen LogP contribution in [0.25, 0.3) is 0 Å². The Morgan fingerprint density at radius 1 is 0.857 bits per heavy atom. The Hall–Kier alpha value is -1.98. The highest BCUT2D eigenvalue weighted by Gasteiger charge is 2.03. The minimum Gasteiger partial charge on any atom is -0.264 e. The van der Waals surface area contributed by atoms with Crippen LogP contribution in [0, 0.1) is 20.2 Å². The summed E-state index contributed by atoms with van der Waals surface area (Å²) in [5.41, 5.74) is 1.09. The fourth-order valence-electron chi connectivity index (χ4n) is 1.05. The predicted octanol–water partition coefficient (Wildman–Crippen LogP) is 1.24. The summed E-state index contributed by atoms with van der Waals surface area (Å²) in [6.45, 7) is -0.502. The highest BCUT2D eigenvalue weighted by Crippen LogP contribution is 2.06. The molecule has 0 aliphatic rings. The van der Waals surface area contributed by atoms with Crippen LogP contribution in [0.1, 0.15) is 11.1 Å². The first-order chi connectivity index (χ1) is 6.58.